The van der Waals surface area contributed by atoms with Gasteiger partial charge in [-0.3, -0.25) is 14.5 Å². The van der Waals surface area contributed by atoms with Gasteiger partial charge in [0, 0.05) is 29.3 Å². The van der Waals surface area contributed by atoms with Crippen molar-refractivity contribution in [2.75, 3.05) is 4.90 Å². The number of nitrogens with two attached hydrogens (primary N) is 2. The molecule has 2 aromatic carbocycles. The van der Waals surface area contributed by atoms with Gasteiger partial charge in [-0.05, 0) is 47.7 Å². The summed E-state index contributed by atoms with van der Waals surface area (Å²) in [5, 5.41) is 0.658. The molecule has 0 bridgehead atoms. The largest absolute Gasteiger partial charge is 0.384 e. The second-order valence-corrected chi connectivity index (χ2v) is 9.70. The maximum Gasteiger partial charge on any atom is 0.249 e. The lowest BCUT2D eigenvalue weighted by molar-refractivity contribution is -0.118. The van der Waals surface area contributed by atoms with Gasteiger partial charge in [-0.25, -0.2) is 4.39 Å². The molecule has 0 saturated carbocycles. The van der Waals surface area contributed by atoms with E-state index in [4.69, 9.17) is 34.7 Å². The quantitative estimate of drug-likeness (QED) is 0.653. The molecule has 0 fully saturated rings. The number of hydrogen-bond donors (Lipinski definition) is 2. The third kappa shape index (κ3) is 3.78. The summed E-state index contributed by atoms with van der Waals surface area (Å²) in [6, 6.07) is 10.7. The van der Waals surface area contributed by atoms with Crippen molar-refractivity contribution in [1.82, 2.24) is 0 Å². The van der Waals surface area contributed by atoms with E-state index in [9.17, 15) is 14.0 Å². The molecule has 4 rings (SSSR count). The number of benzene rings is 2. The molecule has 5 nitrogen and oxygen atoms in total. The lowest BCUT2D eigenvalue weighted by Crippen LogP contribution is -2.44. The van der Waals surface area contributed by atoms with E-state index < -0.39 is 17.6 Å². The number of carbonyl (C=O) groups excluding carboxylic acids is 2. The van der Waals surface area contributed by atoms with Gasteiger partial charge >= 0.3 is 0 Å². The Morgan fingerprint density at radius 2 is 1.84 bits per heavy atom. The Morgan fingerprint density at radius 1 is 1.12 bits per heavy atom. The zero-order valence-corrected chi connectivity index (χ0v) is 19.1. The molecule has 1 amide bonds. The Bertz CT molecular complexity index is 1220. The summed E-state index contributed by atoms with van der Waals surface area (Å²) >= 11 is 12.3. The van der Waals surface area contributed by atoms with Crippen LogP contribution in [0.5, 0.6) is 0 Å². The minimum atomic E-state index is -0.860. The number of ketones is 1. The van der Waals surface area contributed by atoms with Crippen LogP contribution >= 0.6 is 23.2 Å². The van der Waals surface area contributed by atoms with Crippen molar-refractivity contribution < 1.29 is 14.0 Å². The van der Waals surface area contributed by atoms with Crippen molar-refractivity contribution in [1.29, 1.82) is 0 Å². The van der Waals surface area contributed by atoms with Crippen molar-refractivity contribution in [3.8, 4) is 0 Å². The highest BCUT2D eigenvalue weighted by molar-refractivity contribution is 6.42. The van der Waals surface area contributed by atoms with Crippen LogP contribution in [0.3, 0.4) is 0 Å². The second kappa shape index (κ2) is 7.94. The monoisotopic (exact) mass is 473 g/mol. The molecule has 166 valence electrons. The third-order valence-electron chi connectivity index (χ3n) is 5.87. The Balaban J connectivity index is 2.04. The van der Waals surface area contributed by atoms with E-state index in [2.05, 4.69) is 0 Å². The third-order valence-corrected chi connectivity index (χ3v) is 6.61. The van der Waals surface area contributed by atoms with Gasteiger partial charge in [-0.2, -0.15) is 0 Å². The summed E-state index contributed by atoms with van der Waals surface area (Å²) in [6.07, 6.45) is 0.783. The lowest BCUT2D eigenvalue weighted by atomic mass is 9.68. The first-order valence-electron chi connectivity index (χ1n) is 10.1. The molecule has 0 saturated heterocycles. The Morgan fingerprint density at radius 3 is 2.47 bits per heavy atom. The molecule has 1 aliphatic heterocycles. The first kappa shape index (κ1) is 22.4. The molecule has 0 radical (unpaired) electrons. The number of amides is 1. The average molecular weight is 474 g/mol. The van der Waals surface area contributed by atoms with Crippen molar-refractivity contribution in [2.45, 2.75) is 32.6 Å². The first-order valence-corrected chi connectivity index (χ1v) is 10.8. The van der Waals surface area contributed by atoms with E-state index in [-0.39, 0.29) is 29.0 Å². The molecule has 1 atom stereocenters. The van der Waals surface area contributed by atoms with Crippen LogP contribution in [0.4, 0.5) is 10.1 Å². The number of halogens is 3. The molecule has 2 aromatic rings. The fraction of sp³-hybridized carbons (Fsp3) is 0.250. The Kier molecular flexibility index (Phi) is 5.55. The number of primary amides is 1. The van der Waals surface area contributed by atoms with Gasteiger partial charge in [0.15, 0.2) is 5.78 Å². The van der Waals surface area contributed by atoms with Gasteiger partial charge in [0.1, 0.15) is 11.6 Å². The molecule has 4 N–H and O–H groups in total. The molecule has 2 aliphatic rings. The maximum absolute atomic E-state index is 14.1. The average Bonchev–Trinajstić information content (AvgIpc) is 2.68. The molecular weight excluding hydrogens is 452 g/mol. The van der Waals surface area contributed by atoms with Crippen LogP contribution in [0, 0.1) is 11.2 Å². The van der Waals surface area contributed by atoms with E-state index in [1.54, 1.807) is 29.2 Å². The highest BCUT2D eigenvalue weighted by Gasteiger charge is 2.45. The summed E-state index contributed by atoms with van der Waals surface area (Å²) < 4.78 is 14.1. The number of nitrogens with zero attached hydrogens (tertiary/aromatic N) is 1. The van der Waals surface area contributed by atoms with E-state index in [1.807, 2.05) is 13.8 Å². The first-order chi connectivity index (χ1) is 15.0. The van der Waals surface area contributed by atoms with Crippen LogP contribution < -0.4 is 16.4 Å². The summed E-state index contributed by atoms with van der Waals surface area (Å²) in [7, 11) is 0. The topological polar surface area (TPSA) is 89.4 Å². The molecule has 1 aliphatic carbocycles. The molecular formula is C24H22Cl2FN3O2. The zero-order chi connectivity index (χ0) is 23.4. The SMILES string of the molecule is CC1(C)CC(=O)C2=C(C1)N(c1ccc(Cl)c(Cl)c1)C(N)=C(C(N)=O)C2c1cccc(F)c1. The number of anilines is 1. The van der Waals surface area contributed by atoms with Crippen LogP contribution in [0.1, 0.15) is 38.2 Å². The van der Waals surface area contributed by atoms with Crippen LogP contribution in [0.25, 0.3) is 0 Å². The molecule has 32 heavy (non-hydrogen) atoms. The Labute approximate surface area is 195 Å². The van der Waals surface area contributed by atoms with Crippen LogP contribution in [0.2, 0.25) is 10.0 Å². The van der Waals surface area contributed by atoms with E-state index in [0.717, 1.165) is 0 Å². The fourth-order valence-corrected chi connectivity index (χ4v) is 4.89. The summed E-state index contributed by atoms with van der Waals surface area (Å²) in [4.78, 5) is 27.7. The number of rotatable bonds is 3. The minimum absolute atomic E-state index is 0.0356. The van der Waals surface area contributed by atoms with Crippen molar-refractivity contribution in [3.05, 3.63) is 86.6 Å². The summed E-state index contributed by atoms with van der Waals surface area (Å²) in [6.45, 7) is 3.98. The van der Waals surface area contributed by atoms with Gasteiger partial charge in [0.2, 0.25) is 5.91 Å². The normalized spacial score (nSPS) is 20.5. The zero-order valence-electron chi connectivity index (χ0n) is 17.6. The van der Waals surface area contributed by atoms with E-state index in [1.165, 1.54) is 18.2 Å². The van der Waals surface area contributed by atoms with Gasteiger partial charge in [0.25, 0.3) is 0 Å². The molecule has 1 unspecified atom stereocenters. The lowest BCUT2D eigenvalue weighted by Gasteiger charge is -2.44. The Hall–Kier alpha value is -2.83. The highest BCUT2D eigenvalue weighted by atomic mass is 35.5. The number of allylic oxidation sites excluding steroid dienone is 2. The fourth-order valence-electron chi connectivity index (χ4n) is 4.59. The summed E-state index contributed by atoms with van der Waals surface area (Å²) in [5.74, 6) is -2.19. The van der Waals surface area contributed by atoms with Gasteiger partial charge in [-0.1, -0.05) is 49.2 Å². The summed E-state index contributed by atoms with van der Waals surface area (Å²) in [5.41, 5.74) is 14.0. The van der Waals surface area contributed by atoms with Crippen molar-refractivity contribution >= 4 is 40.6 Å². The number of carbonyl (C=O) groups is 2. The van der Waals surface area contributed by atoms with E-state index >= 15 is 0 Å². The van der Waals surface area contributed by atoms with Crippen LogP contribution in [-0.4, -0.2) is 11.7 Å². The van der Waals surface area contributed by atoms with E-state index in [0.29, 0.717) is 39.0 Å². The standard InChI is InChI=1S/C24H22Cl2FN3O2/c1-24(2)10-17-20(18(31)11-24)19(12-4-3-5-13(27)8-12)21(23(29)32)22(28)30(17)14-6-7-15(25)16(26)9-14/h3-9,19H,10-11,28H2,1-2H3,(H2,29,32). The number of Topliss-reactive ketones (excluding diaryl/α,β-unsaturated/α-hetero) is 1. The van der Waals surface area contributed by atoms with Crippen molar-refractivity contribution in [3.63, 3.8) is 0 Å². The second-order valence-electron chi connectivity index (χ2n) is 8.89. The van der Waals surface area contributed by atoms with Crippen LogP contribution in [0.15, 0.2) is 65.1 Å². The number of hydrogen-bond acceptors (Lipinski definition) is 4. The smallest absolute Gasteiger partial charge is 0.249 e. The molecule has 0 spiro atoms. The predicted octanol–water partition coefficient (Wildman–Crippen LogP) is 5.04. The molecule has 8 heteroatoms. The van der Waals surface area contributed by atoms with Gasteiger partial charge in [0.05, 0.1) is 15.6 Å². The van der Waals surface area contributed by atoms with Gasteiger partial charge < -0.3 is 11.5 Å². The van der Waals surface area contributed by atoms with Crippen molar-refractivity contribution in [2.24, 2.45) is 16.9 Å². The van der Waals surface area contributed by atoms with Crippen LogP contribution in [-0.2, 0) is 9.59 Å². The molecule has 0 aromatic heterocycles. The molecule has 1 heterocycles. The predicted molar refractivity (Wildman–Crippen MR) is 124 cm³/mol. The minimum Gasteiger partial charge on any atom is -0.384 e. The van der Waals surface area contributed by atoms with Gasteiger partial charge in [-0.15, -0.1) is 0 Å². The highest BCUT2D eigenvalue weighted by Crippen LogP contribution is 2.50. The maximum atomic E-state index is 14.1.